The zero-order chi connectivity index (χ0) is 16.8. The lowest BCUT2D eigenvalue weighted by Gasteiger charge is -2.29. The van der Waals surface area contributed by atoms with Crippen LogP contribution in [0.25, 0.3) is 0 Å². The van der Waals surface area contributed by atoms with Crippen LogP contribution in [0.1, 0.15) is 18.4 Å². The van der Waals surface area contributed by atoms with E-state index >= 15 is 0 Å². The lowest BCUT2D eigenvalue weighted by molar-refractivity contribution is 0.580. The Morgan fingerprint density at radius 1 is 1.04 bits per heavy atom. The number of allylic oxidation sites excluding steroid dienone is 1. The molecule has 1 N–H and O–H groups in total. The molecule has 0 radical (unpaired) electrons. The highest BCUT2D eigenvalue weighted by molar-refractivity contribution is 14.1. The van der Waals surface area contributed by atoms with Gasteiger partial charge in [-0.05, 0) is 60.1 Å². The number of benzene rings is 2. The van der Waals surface area contributed by atoms with E-state index < -0.39 is 17.5 Å². The highest BCUT2D eigenvalue weighted by atomic mass is 127. The van der Waals surface area contributed by atoms with Crippen molar-refractivity contribution < 1.29 is 13.2 Å². The van der Waals surface area contributed by atoms with E-state index in [9.17, 15) is 13.2 Å². The van der Waals surface area contributed by atoms with Gasteiger partial charge >= 0.3 is 0 Å². The molecular weight excluding hydrogens is 428 g/mol. The molecule has 0 aromatic heterocycles. The SMILES string of the molecule is Fc1cc(I)ccc1Nc1c(F)cc(F)c2c1CC=CN2C1CC1. The average molecular weight is 442 g/mol. The van der Waals surface area contributed by atoms with E-state index in [1.807, 2.05) is 39.8 Å². The van der Waals surface area contributed by atoms with E-state index in [-0.39, 0.29) is 17.4 Å². The Morgan fingerprint density at radius 3 is 2.54 bits per heavy atom. The van der Waals surface area contributed by atoms with Crippen molar-refractivity contribution in [1.29, 1.82) is 0 Å². The van der Waals surface area contributed by atoms with Gasteiger partial charge in [0, 0.05) is 27.4 Å². The topological polar surface area (TPSA) is 15.3 Å². The summed E-state index contributed by atoms with van der Waals surface area (Å²) < 4.78 is 43.7. The molecule has 0 unspecified atom stereocenters. The fraction of sp³-hybridized carbons (Fsp3) is 0.222. The summed E-state index contributed by atoms with van der Waals surface area (Å²) in [5.41, 5.74) is 1.24. The fourth-order valence-corrected chi connectivity index (χ4v) is 3.47. The second-order valence-electron chi connectivity index (χ2n) is 6.02. The summed E-state index contributed by atoms with van der Waals surface area (Å²) in [5.74, 6) is -1.76. The Hall–Kier alpha value is -1.70. The molecule has 0 amide bonds. The molecule has 1 aliphatic carbocycles. The van der Waals surface area contributed by atoms with Crippen molar-refractivity contribution in [3.63, 3.8) is 0 Å². The minimum absolute atomic E-state index is 0.140. The predicted molar refractivity (Wildman–Crippen MR) is 97.1 cm³/mol. The highest BCUT2D eigenvalue weighted by Gasteiger charge is 2.34. The fourth-order valence-electron chi connectivity index (χ4n) is 3.01. The second kappa shape index (κ2) is 5.98. The molecule has 24 heavy (non-hydrogen) atoms. The molecule has 2 nitrogen and oxygen atoms in total. The van der Waals surface area contributed by atoms with Crippen molar-refractivity contribution in [3.8, 4) is 0 Å². The van der Waals surface area contributed by atoms with Crippen LogP contribution in [0.4, 0.5) is 30.2 Å². The molecule has 1 fully saturated rings. The van der Waals surface area contributed by atoms with Crippen LogP contribution in [0.3, 0.4) is 0 Å². The maximum Gasteiger partial charge on any atom is 0.150 e. The maximum absolute atomic E-state index is 14.4. The number of nitrogens with one attached hydrogen (secondary N) is 1. The van der Waals surface area contributed by atoms with Crippen LogP contribution >= 0.6 is 22.6 Å². The lowest BCUT2D eigenvalue weighted by Crippen LogP contribution is -2.24. The normalized spacial score (nSPS) is 16.2. The molecule has 2 aliphatic rings. The largest absolute Gasteiger partial charge is 0.350 e. The zero-order valence-corrected chi connectivity index (χ0v) is 14.8. The monoisotopic (exact) mass is 442 g/mol. The summed E-state index contributed by atoms with van der Waals surface area (Å²) >= 11 is 2.01. The van der Waals surface area contributed by atoms with Gasteiger partial charge in [-0.2, -0.15) is 0 Å². The molecule has 0 saturated heterocycles. The van der Waals surface area contributed by atoms with E-state index in [1.165, 1.54) is 6.07 Å². The molecular formula is C18H14F3IN2. The summed E-state index contributed by atoms with van der Waals surface area (Å²) in [7, 11) is 0. The quantitative estimate of drug-likeness (QED) is 0.633. The van der Waals surface area contributed by atoms with Gasteiger partial charge in [0.25, 0.3) is 0 Å². The van der Waals surface area contributed by atoms with E-state index in [0.717, 1.165) is 22.5 Å². The number of nitrogens with zero attached hydrogens (tertiary/aromatic N) is 1. The number of fused-ring (bicyclic) bond motifs is 1. The molecule has 124 valence electrons. The van der Waals surface area contributed by atoms with Gasteiger partial charge in [0.15, 0.2) is 0 Å². The van der Waals surface area contributed by atoms with Crippen LogP contribution < -0.4 is 10.2 Å². The number of rotatable bonds is 3. The van der Waals surface area contributed by atoms with Crippen molar-refractivity contribution >= 4 is 39.7 Å². The van der Waals surface area contributed by atoms with Crippen LogP contribution in [-0.2, 0) is 6.42 Å². The zero-order valence-electron chi connectivity index (χ0n) is 12.6. The molecule has 1 heterocycles. The van der Waals surface area contributed by atoms with Crippen molar-refractivity contribution in [3.05, 3.63) is 63.1 Å². The third-order valence-electron chi connectivity index (χ3n) is 4.28. The van der Waals surface area contributed by atoms with Crippen LogP contribution in [0, 0.1) is 21.0 Å². The molecule has 0 bridgehead atoms. The highest BCUT2D eigenvalue weighted by Crippen LogP contribution is 2.42. The van der Waals surface area contributed by atoms with E-state index in [2.05, 4.69) is 5.32 Å². The summed E-state index contributed by atoms with van der Waals surface area (Å²) in [6.45, 7) is 0. The van der Waals surface area contributed by atoms with E-state index in [0.29, 0.717) is 17.7 Å². The smallest absolute Gasteiger partial charge is 0.150 e. The predicted octanol–water partition coefficient (Wildman–Crippen LogP) is 5.49. The van der Waals surface area contributed by atoms with Crippen LogP contribution in [0.2, 0.25) is 0 Å². The number of halogens is 4. The van der Waals surface area contributed by atoms with Crippen molar-refractivity contribution in [1.82, 2.24) is 0 Å². The Kier molecular flexibility index (Phi) is 3.94. The lowest BCUT2D eigenvalue weighted by atomic mass is 10.0. The Labute approximate surface area is 151 Å². The van der Waals surface area contributed by atoms with Gasteiger partial charge in [-0.25, -0.2) is 13.2 Å². The summed E-state index contributed by atoms with van der Waals surface area (Å²) in [6.07, 6.45) is 6.14. The molecule has 1 aliphatic heterocycles. The van der Waals surface area contributed by atoms with Gasteiger partial charge in [0.1, 0.15) is 17.5 Å². The third-order valence-corrected chi connectivity index (χ3v) is 4.95. The van der Waals surface area contributed by atoms with Crippen molar-refractivity contribution in [2.75, 3.05) is 10.2 Å². The average Bonchev–Trinajstić information content (AvgIpc) is 3.37. The first-order valence-corrected chi connectivity index (χ1v) is 8.80. The molecule has 2 aromatic rings. The minimum atomic E-state index is -0.713. The van der Waals surface area contributed by atoms with E-state index in [1.54, 1.807) is 12.1 Å². The second-order valence-corrected chi connectivity index (χ2v) is 7.26. The standard InChI is InChI=1S/C18H14F3IN2/c19-13-8-10(22)3-6-16(13)23-17-12-2-1-7-24(11-4-5-11)18(12)15(21)9-14(17)20/h1,3,6-9,11,23H,2,4-5H2. The van der Waals surface area contributed by atoms with Crippen LogP contribution in [0.5, 0.6) is 0 Å². The first kappa shape index (κ1) is 15.8. The van der Waals surface area contributed by atoms with Crippen LogP contribution in [0.15, 0.2) is 36.5 Å². The molecule has 2 aromatic carbocycles. The van der Waals surface area contributed by atoms with Gasteiger partial charge in [-0.15, -0.1) is 0 Å². The van der Waals surface area contributed by atoms with E-state index in [4.69, 9.17) is 0 Å². The van der Waals surface area contributed by atoms with Crippen molar-refractivity contribution in [2.45, 2.75) is 25.3 Å². The van der Waals surface area contributed by atoms with Gasteiger partial charge in [0.05, 0.1) is 17.1 Å². The van der Waals surface area contributed by atoms with Crippen LogP contribution in [-0.4, -0.2) is 6.04 Å². The maximum atomic E-state index is 14.4. The molecule has 0 atom stereocenters. The molecule has 1 saturated carbocycles. The third kappa shape index (κ3) is 2.76. The minimum Gasteiger partial charge on any atom is -0.350 e. The molecule has 6 heteroatoms. The van der Waals surface area contributed by atoms with Gasteiger partial charge in [-0.3, -0.25) is 0 Å². The first-order valence-electron chi connectivity index (χ1n) is 7.72. The van der Waals surface area contributed by atoms with Gasteiger partial charge in [0.2, 0.25) is 0 Å². The molecule has 4 rings (SSSR count). The summed E-state index contributed by atoms with van der Waals surface area (Å²) in [4.78, 5) is 1.86. The molecule has 0 spiro atoms. The number of hydrogen-bond donors (Lipinski definition) is 1. The Bertz CT molecular complexity index is 847. The van der Waals surface area contributed by atoms with Gasteiger partial charge in [-0.1, -0.05) is 6.08 Å². The summed E-state index contributed by atoms with van der Waals surface area (Å²) in [5, 5.41) is 2.82. The number of anilines is 3. The number of hydrogen-bond acceptors (Lipinski definition) is 2. The van der Waals surface area contributed by atoms with Crippen molar-refractivity contribution in [2.24, 2.45) is 0 Å². The van der Waals surface area contributed by atoms with Gasteiger partial charge < -0.3 is 10.2 Å². The Balaban J connectivity index is 1.80. The Morgan fingerprint density at radius 2 is 1.83 bits per heavy atom. The summed E-state index contributed by atoms with van der Waals surface area (Å²) in [6, 6.07) is 5.80. The first-order chi connectivity index (χ1) is 11.5.